The summed E-state index contributed by atoms with van der Waals surface area (Å²) in [6, 6.07) is 10.8. The van der Waals surface area contributed by atoms with E-state index in [4.69, 9.17) is 0 Å². The monoisotopic (exact) mass is 275 g/mol. The van der Waals surface area contributed by atoms with Crippen LogP contribution in [0, 0.1) is 0 Å². The van der Waals surface area contributed by atoms with Crippen molar-refractivity contribution in [3.8, 4) is 5.69 Å². The minimum Gasteiger partial charge on any atom is -0.309 e. The fraction of sp³-hybridized carbons (Fsp3) is 0.400. The molecule has 102 valence electrons. The Labute approximate surface area is 119 Å². The van der Waals surface area contributed by atoms with Gasteiger partial charge in [-0.1, -0.05) is 25.1 Å². The van der Waals surface area contributed by atoms with Gasteiger partial charge in [0.25, 0.3) is 0 Å². The summed E-state index contributed by atoms with van der Waals surface area (Å²) in [6.45, 7) is 3.10. The van der Waals surface area contributed by atoms with Crippen LogP contribution in [0.1, 0.15) is 18.9 Å². The van der Waals surface area contributed by atoms with Crippen molar-refractivity contribution in [1.82, 2.24) is 15.1 Å². The maximum Gasteiger partial charge on any atom is 0.0645 e. The molecule has 19 heavy (non-hydrogen) atoms. The van der Waals surface area contributed by atoms with E-state index in [0.29, 0.717) is 6.04 Å². The summed E-state index contributed by atoms with van der Waals surface area (Å²) >= 11 is 1.89. The van der Waals surface area contributed by atoms with Crippen LogP contribution in [0.3, 0.4) is 0 Å². The molecule has 0 fully saturated rings. The highest BCUT2D eigenvalue weighted by molar-refractivity contribution is 7.98. The standard InChI is InChI=1S/C15H21N3S/c1-3-14(12-19-2)16-9-13-10-17-18(11-13)15-7-5-4-6-8-15/h4-8,10-11,14,16H,3,9,12H2,1-2H3. The molecule has 1 heterocycles. The van der Waals surface area contributed by atoms with Crippen LogP contribution in [0.2, 0.25) is 0 Å². The first kappa shape index (κ1) is 14.2. The fourth-order valence-corrected chi connectivity index (χ4v) is 2.71. The number of thioether (sulfide) groups is 1. The second kappa shape index (κ2) is 7.36. The van der Waals surface area contributed by atoms with Crippen molar-refractivity contribution in [2.45, 2.75) is 25.9 Å². The predicted molar refractivity (Wildman–Crippen MR) is 82.9 cm³/mol. The molecular formula is C15H21N3S. The topological polar surface area (TPSA) is 29.9 Å². The Morgan fingerprint density at radius 1 is 1.32 bits per heavy atom. The number of para-hydroxylation sites is 1. The molecule has 2 aromatic rings. The lowest BCUT2D eigenvalue weighted by Gasteiger charge is -2.14. The van der Waals surface area contributed by atoms with Gasteiger partial charge in [-0.3, -0.25) is 0 Å². The van der Waals surface area contributed by atoms with E-state index in [-0.39, 0.29) is 0 Å². The molecule has 0 saturated carbocycles. The van der Waals surface area contributed by atoms with Crippen molar-refractivity contribution in [2.75, 3.05) is 12.0 Å². The molecule has 0 aliphatic carbocycles. The van der Waals surface area contributed by atoms with Gasteiger partial charge in [-0.15, -0.1) is 0 Å². The molecule has 3 nitrogen and oxygen atoms in total. The smallest absolute Gasteiger partial charge is 0.0645 e. The Morgan fingerprint density at radius 3 is 2.79 bits per heavy atom. The first-order valence-corrected chi connectivity index (χ1v) is 8.04. The molecule has 0 bridgehead atoms. The zero-order valence-electron chi connectivity index (χ0n) is 11.5. The van der Waals surface area contributed by atoms with Gasteiger partial charge in [0, 0.05) is 30.1 Å². The third-order valence-corrected chi connectivity index (χ3v) is 3.85. The van der Waals surface area contributed by atoms with Gasteiger partial charge in [-0.05, 0) is 24.8 Å². The van der Waals surface area contributed by atoms with Gasteiger partial charge in [0.15, 0.2) is 0 Å². The van der Waals surface area contributed by atoms with Gasteiger partial charge >= 0.3 is 0 Å². The quantitative estimate of drug-likeness (QED) is 0.842. The Bertz CT molecular complexity index is 481. The first-order valence-electron chi connectivity index (χ1n) is 6.64. The minimum atomic E-state index is 0.579. The van der Waals surface area contributed by atoms with Crippen LogP contribution in [-0.2, 0) is 6.54 Å². The van der Waals surface area contributed by atoms with Crippen LogP contribution in [0.15, 0.2) is 42.7 Å². The van der Waals surface area contributed by atoms with Gasteiger partial charge < -0.3 is 5.32 Å². The van der Waals surface area contributed by atoms with Crippen molar-refractivity contribution in [3.63, 3.8) is 0 Å². The summed E-state index contributed by atoms with van der Waals surface area (Å²) in [6.07, 6.45) is 7.34. The average molecular weight is 275 g/mol. The fourth-order valence-electron chi connectivity index (χ4n) is 1.96. The molecule has 1 atom stereocenters. The number of nitrogens with zero attached hydrogens (tertiary/aromatic N) is 2. The molecule has 0 amide bonds. The van der Waals surface area contributed by atoms with Crippen LogP contribution < -0.4 is 5.32 Å². The number of nitrogens with one attached hydrogen (secondary N) is 1. The summed E-state index contributed by atoms with van der Waals surface area (Å²) < 4.78 is 1.92. The third-order valence-electron chi connectivity index (χ3n) is 3.11. The minimum absolute atomic E-state index is 0.579. The molecule has 1 unspecified atom stereocenters. The highest BCUT2D eigenvalue weighted by atomic mass is 32.2. The lowest BCUT2D eigenvalue weighted by molar-refractivity contribution is 0.541. The molecule has 1 N–H and O–H groups in total. The van der Waals surface area contributed by atoms with Crippen molar-refractivity contribution < 1.29 is 0 Å². The van der Waals surface area contributed by atoms with Crippen molar-refractivity contribution >= 4 is 11.8 Å². The van der Waals surface area contributed by atoms with E-state index in [1.165, 1.54) is 5.56 Å². The molecule has 2 rings (SSSR count). The van der Waals surface area contributed by atoms with Crippen molar-refractivity contribution in [1.29, 1.82) is 0 Å². The summed E-state index contributed by atoms with van der Waals surface area (Å²) in [7, 11) is 0. The summed E-state index contributed by atoms with van der Waals surface area (Å²) in [5, 5.41) is 7.98. The Balaban J connectivity index is 1.94. The van der Waals surface area contributed by atoms with Gasteiger partial charge in [-0.2, -0.15) is 16.9 Å². The molecule has 0 radical (unpaired) electrons. The molecule has 0 aliphatic rings. The van der Waals surface area contributed by atoms with Crippen LogP contribution in [0.25, 0.3) is 5.69 Å². The molecule has 1 aromatic heterocycles. The van der Waals surface area contributed by atoms with Gasteiger partial charge in [0.05, 0.1) is 11.9 Å². The largest absolute Gasteiger partial charge is 0.309 e. The normalized spacial score (nSPS) is 12.5. The van der Waals surface area contributed by atoms with Crippen molar-refractivity contribution in [2.24, 2.45) is 0 Å². The van der Waals surface area contributed by atoms with Crippen molar-refractivity contribution in [3.05, 3.63) is 48.3 Å². The Hall–Kier alpha value is -1.26. The summed E-state index contributed by atoms with van der Waals surface area (Å²) in [4.78, 5) is 0. The number of hydrogen-bond donors (Lipinski definition) is 1. The predicted octanol–water partition coefficient (Wildman–Crippen LogP) is 3.10. The van der Waals surface area contributed by atoms with Crippen LogP contribution in [0.5, 0.6) is 0 Å². The Morgan fingerprint density at radius 2 is 2.11 bits per heavy atom. The SMILES string of the molecule is CCC(CSC)NCc1cnn(-c2ccccc2)c1. The summed E-state index contributed by atoms with van der Waals surface area (Å²) in [5.41, 5.74) is 2.33. The molecule has 0 spiro atoms. The summed E-state index contributed by atoms with van der Waals surface area (Å²) in [5.74, 6) is 1.16. The number of benzene rings is 1. The molecule has 0 saturated heterocycles. The zero-order valence-corrected chi connectivity index (χ0v) is 12.4. The molecule has 1 aromatic carbocycles. The molecule has 0 aliphatic heterocycles. The maximum absolute atomic E-state index is 4.41. The average Bonchev–Trinajstić information content (AvgIpc) is 2.93. The van der Waals surface area contributed by atoms with E-state index in [9.17, 15) is 0 Å². The third kappa shape index (κ3) is 4.11. The molecular weight excluding hydrogens is 254 g/mol. The van der Waals surface area contributed by atoms with E-state index in [0.717, 1.165) is 24.4 Å². The highest BCUT2D eigenvalue weighted by Crippen LogP contribution is 2.08. The van der Waals surface area contributed by atoms with Crippen LogP contribution in [0.4, 0.5) is 0 Å². The van der Waals surface area contributed by atoms with E-state index < -0.39 is 0 Å². The van der Waals surface area contributed by atoms with Gasteiger partial charge in [0.2, 0.25) is 0 Å². The van der Waals surface area contributed by atoms with E-state index >= 15 is 0 Å². The maximum atomic E-state index is 4.41. The van der Waals surface area contributed by atoms with Crippen LogP contribution in [-0.4, -0.2) is 27.8 Å². The second-order valence-electron chi connectivity index (χ2n) is 4.57. The number of hydrogen-bond acceptors (Lipinski definition) is 3. The van der Waals surface area contributed by atoms with Gasteiger partial charge in [0.1, 0.15) is 0 Å². The molecule has 4 heteroatoms. The van der Waals surface area contributed by atoms with E-state index in [1.807, 2.05) is 40.8 Å². The van der Waals surface area contributed by atoms with E-state index in [1.54, 1.807) is 0 Å². The second-order valence-corrected chi connectivity index (χ2v) is 5.48. The lowest BCUT2D eigenvalue weighted by Crippen LogP contribution is -2.29. The first-order chi connectivity index (χ1) is 9.33. The zero-order chi connectivity index (χ0) is 13.5. The number of rotatable bonds is 7. The number of aromatic nitrogens is 2. The van der Waals surface area contributed by atoms with Gasteiger partial charge in [-0.25, -0.2) is 4.68 Å². The van der Waals surface area contributed by atoms with E-state index in [2.05, 4.69) is 41.9 Å². The lowest BCUT2D eigenvalue weighted by atomic mass is 10.2. The van der Waals surface area contributed by atoms with Crippen LogP contribution >= 0.6 is 11.8 Å². The highest BCUT2D eigenvalue weighted by Gasteiger charge is 2.06. The Kier molecular flexibility index (Phi) is 5.48.